The van der Waals surface area contributed by atoms with E-state index in [1.54, 1.807) is 18.2 Å². The first-order chi connectivity index (χ1) is 18.5. The number of ether oxygens (including phenoxy) is 1. The highest BCUT2D eigenvalue weighted by Gasteiger charge is 2.27. The summed E-state index contributed by atoms with van der Waals surface area (Å²) in [6, 6.07) is 7.56. The van der Waals surface area contributed by atoms with E-state index in [1.807, 2.05) is 25.7 Å². The SMILES string of the molecule is CC(C)(C)OC(=O)NC1CCN(c2cnc(C(=O)Nc3ccc(Cl)cc3C(=O)Nc3ccc(Cl)cn3)cn2)C1. The highest BCUT2D eigenvalue weighted by atomic mass is 35.5. The van der Waals surface area contributed by atoms with Gasteiger partial charge in [0, 0.05) is 24.3 Å². The summed E-state index contributed by atoms with van der Waals surface area (Å²) in [5.74, 6) is -0.218. The van der Waals surface area contributed by atoms with Crippen LogP contribution >= 0.6 is 23.2 Å². The van der Waals surface area contributed by atoms with Crippen LogP contribution in [0.1, 0.15) is 48.0 Å². The first-order valence-corrected chi connectivity index (χ1v) is 12.8. The van der Waals surface area contributed by atoms with Crippen molar-refractivity contribution in [2.45, 2.75) is 38.8 Å². The number of anilines is 3. The number of benzene rings is 1. The Morgan fingerprint density at radius 1 is 0.949 bits per heavy atom. The number of amides is 3. The van der Waals surface area contributed by atoms with Crippen LogP contribution in [-0.2, 0) is 4.74 Å². The minimum atomic E-state index is -0.575. The summed E-state index contributed by atoms with van der Waals surface area (Å²) in [5, 5.41) is 8.94. The van der Waals surface area contributed by atoms with Gasteiger partial charge < -0.3 is 25.6 Å². The van der Waals surface area contributed by atoms with Crippen LogP contribution in [0.15, 0.2) is 48.9 Å². The molecule has 13 heteroatoms. The molecule has 3 aromatic rings. The van der Waals surface area contributed by atoms with Gasteiger partial charge in [0.15, 0.2) is 0 Å². The fourth-order valence-electron chi connectivity index (χ4n) is 3.80. The molecule has 2 aromatic heterocycles. The van der Waals surface area contributed by atoms with E-state index in [0.717, 1.165) is 6.42 Å². The van der Waals surface area contributed by atoms with Crippen molar-refractivity contribution < 1.29 is 19.1 Å². The van der Waals surface area contributed by atoms with E-state index in [9.17, 15) is 14.4 Å². The van der Waals surface area contributed by atoms with Crippen LogP contribution in [0, 0.1) is 0 Å². The van der Waals surface area contributed by atoms with Gasteiger partial charge in [-0.25, -0.2) is 19.7 Å². The van der Waals surface area contributed by atoms with Crippen LogP contribution in [0.4, 0.5) is 22.1 Å². The van der Waals surface area contributed by atoms with Gasteiger partial charge in [-0.05, 0) is 57.5 Å². The van der Waals surface area contributed by atoms with Crippen molar-refractivity contribution in [1.29, 1.82) is 0 Å². The molecule has 0 bridgehead atoms. The lowest BCUT2D eigenvalue weighted by Crippen LogP contribution is -2.40. The van der Waals surface area contributed by atoms with Gasteiger partial charge in [-0.3, -0.25) is 9.59 Å². The molecule has 1 atom stereocenters. The standard InChI is InChI=1S/C26H27Cl2N7O4/c1-26(2,3)39-25(38)32-17-8-9-35(14-17)22-13-29-20(12-31-22)24(37)33-19-6-4-15(27)10-18(19)23(36)34-21-7-5-16(28)11-30-21/h4-7,10-13,17H,8-9,14H2,1-3H3,(H,32,38)(H,33,37)(H,30,34,36). The third-order valence-electron chi connectivity index (χ3n) is 5.55. The van der Waals surface area contributed by atoms with Crippen molar-refractivity contribution in [2.75, 3.05) is 28.6 Å². The van der Waals surface area contributed by atoms with Crippen LogP contribution in [0.5, 0.6) is 0 Å². The Hall–Kier alpha value is -3.96. The van der Waals surface area contributed by atoms with Gasteiger partial charge in [0.1, 0.15) is 22.9 Å². The summed E-state index contributed by atoms with van der Waals surface area (Å²) in [4.78, 5) is 52.5. The first kappa shape index (κ1) is 28.1. The maximum absolute atomic E-state index is 12.9. The molecule has 0 radical (unpaired) electrons. The van der Waals surface area contributed by atoms with Gasteiger partial charge in [-0.15, -0.1) is 0 Å². The smallest absolute Gasteiger partial charge is 0.407 e. The van der Waals surface area contributed by atoms with Crippen molar-refractivity contribution in [2.24, 2.45) is 0 Å². The van der Waals surface area contributed by atoms with Crippen molar-refractivity contribution in [3.63, 3.8) is 0 Å². The molecule has 11 nitrogen and oxygen atoms in total. The molecule has 1 aliphatic rings. The van der Waals surface area contributed by atoms with E-state index in [0.29, 0.717) is 29.0 Å². The molecule has 3 amide bonds. The van der Waals surface area contributed by atoms with E-state index in [2.05, 4.69) is 30.9 Å². The minimum absolute atomic E-state index is 0.0575. The molecule has 1 fully saturated rings. The number of carbonyl (C=O) groups is 3. The maximum atomic E-state index is 12.9. The summed E-state index contributed by atoms with van der Waals surface area (Å²) in [5.41, 5.74) is -0.147. The van der Waals surface area contributed by atoms with Crippen LogP contribution in [0.25, 0.3) is 0 Å². The van der Waals surface area contributed by atoms with Gasteiger partial charge in [-0.1, -0.05) is 23.2 Å². The van der Waals surface area contributed by atoms with Gasteiger partial charge in [0.2, 0.25) is 0 Å². The molecule has 39 heavy (non-hydrogen) atoms. The summed E-state index contributed by atoms with van der Waals surface area (Å²) in [7, 11) is 0. The number of halogens is 2. The molecular formula is C26H27Cl2N7O4. The quantitative estimate of drug-likeness (QED) is 0.384. The van der Waals surface area contributed by atoms with Crippen molar-refractivity contribution in [3.8, 4) is 0 Å². The number of pyridine rings is 1. The van der Waals surface area contributed by atoms with Crippen molar-refractivity contribution >= 4 is 58.4 Å². The summed E-state index contributed by atoms with van der Waals surface area (Å²) in [6.07, 6.45) is 4.50. The molecule has 0 saturated carbocycles. The fraction of sp³-hybridized carbons (Fsp3) is 0.308. The van der Waals surface area contributed by atoms with Gasteiger partial charge in [0.25, 0.3) is 11.8 Å². The monoisotopic (exact) mass is 571 g/mol. The number of alkyl carbamates (subject to hydrolysis) is 1. The van der Waals surface area contributed by atoms with E-state index < -0.39 is 23.5 Å². The number of nitrogens with one attached hydrogen (secondary N) is 3. The number of carbonyl (C=O) groups excluding carboxylic acids is 3. The number of hydrogen-bond donors (Lipinski definition) is 3. The summed E-state index contributed by atoms with van der Waals surface area (Å²) in [6.45, 7) is 6.62. The van der Waals surface area contributed by atoms with Crippen LogP contribution < -0.4 is 20.9 Å². The second-order valence-electron chi connectivity index (χ2n) is 9.80. The van der Waals surface area contributed by atoms with E-state index in [-0.39, 0.29) is 28.8 Å². The fourth-order valence-corrected chi connectivity index (χ4v) is 4.08. The van der Waals surface area contributed by atoms with Crippen LogP contribution in [0.2, 0.25) is 10.0 Å². The Balaban J connectivity index is 1.39. The molecule has 1 aliphatic heterocycles. The predicted molar refractivity (Wildman–Crippen MR) is 149 cm³/mol. The normalized spacial score (nSPS) is 15.0. The first-order valence-electron chi connectivity index (χ1n) is 12.1. The third kappa shape index (κ3) is 7.78. The maximum Gasteiger partial charge on any atom is 0.407 e. The Morgan fingerprint density at radius 2 is 1.72 bits per heavy atom. The second kappa shape index (κ2) is 11.8. The third-order valence-corrected chi connectivity index (χ3v) is 6.01. The molecule has 204 valence electrons. The molecule has 1 saturated heterocycles. The zero-order valence-electron chi connectivity index (χ0n) is 21.5. The zero-order valence-corrected chi connectivity index (χ0v) is 23.0. The Kier molecular flexibility index (Phi) is 8.51. The van der Waals surface area contributed by atoms with Crippen molar-refractivity contribution in [1.82, 2.24) is 20.3 Å². The minimum Gasteiger partial charge on any atom is -0.444 e. The van der Waals surface area contributed by atoms with E-state index in [4.69, 9.17) is 27.9 Å². The topological polar surface area (TPSA) is 138 Å². The highest BCUT2D eigenvalue weighted by molar-refractivity contribution is 6.31. The summed E-state index contributed by atoms with van der Waals surface area (Å²) < 4.78 is 5.31. The van der Waals surface area contributed by atoms with E-state index >= 15 is 0 Å². The second-order valence-corrected chi connectivity index (χ2v) is 10.7. The highest BCUT2D eigenvalue weighted by Crippen LogP contribution is 2.23. The molecule has 4 rings (SSSR count). The Bertz CT molecular complexity index is 1360. The lowest BCUT2D eigenvalue weighted by molar-refractivity contribution is 0.0508. The molecule has 0 aliphatic carbocycles. The molecule has 3 heterocycles. The molecular weight excluding hydrogens is 545 g/mol. The number of nitrogens with zero attached hydrogens (tertiary/aromatic N) is 4. The number of aromatic nitrogens is 3. The Labute approximate surface area is 235 Å². The average molecular weight is 572 g/mol. The number of hydrogen-bond acceptors (Lipinski definition) is 8. The van der Waals surface area contributed by atoms with E-state index in [1.165, 1.54) is 30.7 Å². The lowest BCUT2D eigenvalue weighted by Gasteiger charge is -2.22. The average Bonchev–Trinajstić information content (AvgIpc) is 3.33. The molecule has 1 unspecified atom stereocenters. The molecule has 3 N–H and O–H groups in total. The zero-order chi connectivity index (χ0) is 28.2. The van der Waals surface area contributed by atoms with Gasteiger partial charge in [-0.2, -0.15) is 0 Å². The number of rotatable bonds is 6. The lowest BCUT2D eigenvalue weighted by atomic mass is 10.1. The largest absolute Gasteiger partial charge is 0.444 e. The van der Waals surface area contributed by atoms with Crippen LogP contribution in [-0.4, -0.2) is 57.6 Å². The van der Waals surface area contributed by atoms with Crippen LogP contribution in [0.3, 0.4) is 0 Å². The van der Waals surface area contributed by atoms with Crippen molar-refractivity contribution in [3.05, 3.63) is 70.2 Å². The van der Waals surface area contributed by atoms with Gasteiger partial charge in [0.05, 0.1) is 34.7 Å². The molecule has 1 aromatic carbocycles. The predicted octanol–water partition coefficient (Wildman–Crippen LogP) is 4.79. The summed E-state index contributed by atoms with van der Waals surface area (Å²) >= 11 is 11.9. The molecule has 0 spiro atoms. The van der Waals surface area contributed by atoms with Gasteiger partial charge >= 0.3 is 6.09 Å². The Morgan fingerprint density at radius 3 is 2.38 bits per heavy atom.